The highest BCUT2D eigenvalue weighted by molar-refractivity contribution is 14.0. The first-order valence-corrected chi connectivity index (χ1v) is 9.25. The average Bonchev–Trinajstić information content (AvgIpc) is 3.00. The molecule has 144 valence electrons. The average molecular weight is 538 g/mol. The standard InChI is InChI=1S/C18H25BrFN5.HI/c1-14-12-24-25(13-14)10-4-9-23-18(21-2)22-8-3-5-15-6-7-16(19)11-17(15)20;/h6-7,11-13H,3-5,8-10H2,1-2H3,(H2,21,22,23);1H. The number of benzene rings is 1. The van der Waals surface area contributed by atoms with Crippen molar-refractivity contribution < 1.29 is 4.39 Å². The van der Waals surface area contributed by atoms with Crippen molar-refractivity contribution in [3.05, 3.63) is 52.0 Å². The summed E-state index contributed by atoms with van der Waals surface area (Å²) in [7, 11) is 1.75. The van der Waals surface area contributed by atoms with E-state index in [2.05, 4.69) is 36.7 Å². The van der Waals surface area contributed by atoms with E-state index in [0.717, 1.165) is 48.5 Å². The number of halogens is 3. The fraction of sp³-hybridized carbons (Fsp3) is 0.444. The number of hydrogen-bond acceptors (Lipinski definition) is 2. The predicted molar refractivity (Wildman–Crippen MR) is 119 cm³/mol. The summed E-state index contributed by atoms with van der Waals surface area (Å²) in [6, 6.07) is 5.20. The lowest BCUT2D eigenvalue weighted by Gasteiger charge is -2.12. The van der Waals surface area contributed by atoms with Gasteiger partial charge in [0.2, 0.25) is 0 Å². The second-order valence-electron chi connectivity index (χ2n) is 5.90. The van der Waals surface area contributed by atoms with Gasteiger partial charge >= 0.3 is 0 Å². The molecule has 1 aromatic carbocycles. The van der Waals surface area contributed by atoms with E-state index in [9.17, 15) is 4.39 Å². The number of nitrogens with zero attached hydrogens (tertiary/aromatic N) is 3. The van der Waals surface area contributed by atoms with Crippen molar-refractivity contribution in [3.8, 4) is 0 Å². The van der Waals surface area contributed by atoms with Crippen LogP contribution in [0.1, 0.15) is 24.0 Å². The first-order chi connectivity index (χ1) is 12.1. The highest BCUT2D eigenvalue weighted by Crippen LogP contribution is 2.16. The van der Waals surface area contributed by atoms with Gasteiger partial charge in [0.15, 0.2) is 5.96 Å². The molecule has 0 amide bonds. The van der Waals surface area contributed by atoms with Gasteiger partial charge in [-0.05, 0) is 49.4 Å². The summed E-state index contributed by atoms with van der Waals surface area (Å²) in [5.74, 6) is 0.610. The molecule has 0 saturated carbocycles. The Morgan fingerprint density at radius 1 is 1.27 bits per heavy atom. The zero-order valence-corrected chi connectivity index (χ0v) is 19.1. The van der Waals surface area contributed by atoms with E-state index in [4.69, 9.17) is 0 Å². The molecule has 26 heavy (non-hydrogen) atoms. The van der Waals surface area contributed by atoms with Crippen LogP contribution in [-0.4, -0.2) is 35.9 Å². The Labute approximate surface area is 180 Å². The zero-order valence-electron chi connectivity index (χ0n) is 15.1. The maximum absolute atomic E-state index is 13.8. The fourth-order valence-corrected chi connectivity index (χ4v) is 2.80. The summed E-state index contributed by atoms with van der Waals surface area (Å²) in [6.45, 7) is 4.47. The summed E-state index contributed by atoms with van der Waals surface area (Å²) < 4.78 is 16.5. The minimum atomic E-state index is -0.161. The number of aromatic nitrogens is 2. The van der Waals surface area contributed by atoms with Crippen molar-refractivity contribution in [1.82, 2.24) is 20.4 Å². The molecule has 1 aromatic heterocycles. The van der Waals surface area contributed by atoms with E-state index >= 15 is 0 Å². The monoisotopic (exact) mass is 537 g/mol. The van der Waals surface area contributed by atoms with Gasteiger partial charge in [0.1, 0.15) is 5.82 Å². The van der Waals surface area contributed by atoms with Crippen LogP contribution in [0.5, 0.6) is 0 Å². The molecule has 0 spiro atoms. The second-order valence-corrected chi connectivity index (χ2v) is 6.82. The molecule has 2 rings (SSSR count). The summed E-state index contributed by atoms with van der Waals surface area (Å²) in [6.07, 6.45) is 6.40. The number of rotatable bonds is 8. The quantitative estimate of drug-likeness (QED) is 0.232. The third kappa shape index (κ3) is 8.03. The molecular formula is C18H26BrFIN5. The number of aliphatic imine (C=N–C) groups is 1. The van der Waals surface area contributed by atoms with E-state index in [0.29, 0.717) is 6.42 Å². The second kappa shape index (κ2) is 12.3. The summed E-state index contributed by atoms with van der Waals surface area (Å²) in [4.78, 5) is 4.20. The first-order valence-electron chi connectivity index (χ1n) is 8.46. The van der Waals surface area contributed by atoms with Crippen LogP contribution in [0.15, 0.2) is 40.1 Å². The van der Waals surface area contributed by atoms with E-state index in [1.54, 1.807) is 7.05 Å². The molecule has 0 fully saturated rings. The van der Waals surface area contributed by atoms with Crippen LogP contribution in [0, 0.1) is 12.7 Å². The molecule has 0 radical (unpaired) electrons. The summed E-state index contributed by atoms with van der Waals surface area (Å²) in [5.41, 5.74) is 1.91. The van der Waals surface area contributed by atoms with Gasteiger partial charge in [0.05, 0.1) is 6.20 Å². The molecule has 0 aliphatic carbocycles. The Morgan fingerprint density at radius 2 is 2.00 bits per heavy atom. The molecule has 2 aromatic rings. The Bertz CT molecular complexity index is 705. The lowest BCUT2D eigenvalue weighted by Crippen LogP contribution is -2.38. The van der Waals surface area contributed by atoms with Crippen LogP contribution in [-0.2, 0) is 13.0 Å². The van der Waals surface area contributed by atoms with Gasteiger partial charge in [-0.15, -0.1) is 24.0 Å². The number of guanidine groups is 1. The smallest absolute Gasteiger partial charge is 0.190 e. The van der Waals surface area contributed by atoms with Crippen LogP contribution >= 0.6 is 39.9 Å². The minimum absolute atomic E-state index is 0. The lowest BCUT2D eigenvalue weighted by atomic mass is 10.1. The van der Waals surface area contributed by atoms with Crippen molar-refractivity contribution in [2.45, 2.75) is 32.7 Å². The molecule has 0 aliphatic rings. The number of aryl methyl sites for hydroxylation is 3. The topological polar surface area (TPSA) is 54.2 Å². The van der Waals surface area contributed by atoms with Crippen LogP contribution in [0.3, 0.4) is 0 Å². The van der Waals surface area contributed by atoms with Crippen molar-refractivity contribution >= 4 is 45.9 Å². The largest absolute Gasteiger partial charge is 0.356 e. The normalized spacial score (nSPS) is 11.2. The molecule has 2 N–H and O–H groups in total. The maximum Gasteiger partial charge on any atom is 0.190 e. The molecule has 0 bridgehead atoms. The predicted octanol–water partition coefficient (Wildman–Crippen LogP) is 3.90. The Balaban J connectivity index is 0.00000338. The highest BCUT2D eigenvalue weighted by atomic mass is 127. The van der Waals surface area contributed by atoms with Gasteiger partial charge in [-0.3, -0.25) is 9.67 Å². The van der Waals surface area contributed by atoms with Crippen molar-refractivity contribution in [1.29, 1.82) is 0 Å². The Morgan fingerprint density at radius 3 is 2.62 bits per heavy atom. The fourth-order valence-electron chi connectivity index (χ4n) is 2.47. The van der Waals surface area contributed by atoms with Gasteiger partial charge in [-0.25, -0.2) is 4.39 Å². The molecule has 0 atom stereocenters. The summed E-state index contributed by atoms with van der Waals surface area (Å²) >= 11 is 3.27. The van der Waals surface area contributed by atoms with Gasteiger partial charge in [-0.1, -0.05) is 22.0 Å². The first kappa shape index (κ1) is 22.9. The molecular weight excluding hydrogens is 512 g/mol. The van der Waals surface area contributed by atoms with E-state index in [1.807, 2.05) is 36.1 Å². The maximum atomic E-state index is 13.8. The van der Waals surface area contributed by atoms with Crippen LogP contribution in [0.2, 0.25) is 0 Å². The zero-order chi connectivity index (χ0) is 18.1. The minimum Gasteiger partial charge on any atom is -0.356 e. The van der Waals surface area contributed by atoms with Crippen LogP contribution in [0.4, 0.5) is 4.39 Å². The molecule has 0 unspecified atom stereocenters. The molecule has 0 saturated heterocycles. The van der Waals surface area contributed by atoms with Gasteiger partial charge in [-0.2, -0.15) is 5.10 Å². The highest BCUT2D eigenvalue weighted by Gasteiger charge is 2.03. The van der Waals surface area contributed by atoms with Gasteiger partial charge in [0.25, 0.3) is 0 Å². The third-order valence-corrected chi connectivity index (χ3v) is 4.27. The van der Waals surface area contributed by atoms with Gasteiger partial charge < -0.3 is 10.6 Å². The Hall–Kier alpha value is -1.16. The van der Waals surface area contributed by atoms with Crippen molar-refractivity contribution in [2.24, 2.45) is 4.99 Å². The van der Waals surface area contributed by atoms with E-state index in [1.165, 1.54) is 11.6 Å². The summed E-state index contributed by atoms with van der Waals surface area (Å²) in [5, 5.41) is 10.8. The lowest BCUT2D eigenvalue weighted by molar-refractivity contribution is 0.569. The van der Waals surface area contributed by atoms with Crippen molar-refractivity contribution in [2.75, 3.05) is 20.1 Å². The molecule has 0 aliphatic heterocycles. The Kier molecular flexibility index (Phi) is 10.8. The van der Waals surface area contributed by atoms with Crippen molar-refractivity contribution in [3.63, 3.8) is 0 Å². The molecule has 1 heterocycles. The van der Waals surface area contributed by atoms with E-state index < -0.39 is 0 Å². The number of nitrogens with one attached hydrogen (secondary N) is 2. The number of hydrogen-bond donors (Lipinski definition) is 2. The molecule has 5 nitrogen and oxygen atoms in total. The SMILES string of the molecule is CN=C(NCCCc1ccc(Br)cc1F)NCCCn1cc(C)cn1.I. The van der Waals surface area contributed by atoms with Crippen LogP contribution in [0.25, 0.3) is 0 Å². The van der Waals surface area contributed by atoms with Crippen LogP contribution < -0.4 is 10.6 Å². The van der Waals surface area contributed by atoms with E-state index in [-0.39, 0.29) is 29.8 Å². The molecule has 8 heteroatoms. The third-order valence-electron chi connectivity index (χ3n) is 3.77. The van der Waals surface area contributed by atoms with Gasteiger partial charge in [0, 0.05) is 37.4 Å².